The summed E-state index contributed by atoms with van der Waals surface area (Å²) in [5.41, 5.74) is 5.52. The van der Waals surface area contributed by atoms with Gasteiger partial charge < -0.3 is 5.73 Å². The van der Waals surface area contributed by atoms with Gasteiger partial charge in [-0.3, -0.25) is 9.71 Å². The fourth-order valence-corrected chi connectivity index (χ4v) is 2.73. The predicted octanol–water partition coefficient (Wildman–Crippen LogP) is 1.62. The lowest BCUT2D eigenvalue weighted by molar-refractivity contribution is 0.568. The molecule has 0 fully saturated rings. The zero-order chi connectivity index (χ0) is 14.8. The molecule has 1 aromatic heterocycles. The molecule has 3 N–H and O–H groups in total. The van der Waals surface area contributed by atoms with E-state index < -0.39 is 26.6 Å². The highest BCUT2D eigenvalue weighted by atomic mass is 32.2. The Morgan fingerprint density at radius 2 is 1.95 bits per heavy atom. The topological polar surface area (TPSA) is 85.1 Å². The average molecular weight is 299 g/mol. The van der Waals surface area contributed by atoms with Gasteiger partial charge in [-0.15, -0.1) is 0 Å². The van der Waals surface area contributed by atoms with Crippen molar-refractivity contribution >= 4 is 15.7 Å². The van der Waals surface area contributed by atoms with Crippen molar-refractivity contribution < 1.29 is 17.2 Å². The Morgan fingerprint density at radius 3 is 2.60 bits per heavy atom. The monoisotopic (exact) mass is 299 g/mol. The number of benzene rings is 1. The van der Waals surface area contributed by atoms with Crippen LogP contribution in [0.15, 0.2) is 41.6 Å². The quantitative estimate of drug-likeness (QED) is 0.898. The molecule has 0 unspecified atom stereocenters. The molecule has 0 amide bonds. The Hall–Kier alpha value is -2.06. The number of nitrogens with zero attached hydrogens (tertiary/aromatic N) is 1. The smallest absolute Gasteiger partial charge is 0.264 e. The molecule has 0 aliphatic carbocycles. The van der Waals surface area contributed by atoms with E-state index >= 15 is 0 Å². The van der Waals surface area contributed by atoms with Crippen LogP contribution in [-0.2, 0) is 16.6 Å². The van der Waals surface area contributed by atoms with Gasteiger partial charge >= 0.3 is 0 Å². The lowest BCUT2D eigenvalue weighted by Crippen LogP contribution is -2.16. The molecular formula is C12H11F2N3O2S. The predicted molar refractivity (Wildman–Crippen MR) is 69.3 cm³/mol. The second-order valence-electron chi connectivity index (χ2n) is 3.93. The van der Waals surface area contributed by atoms with E-state index in [-0.39, 0.29) is 12.2 Å². The molecule has 0 saturated carbocycles. The van der Waals surface area contributed by atoms with Crippen molar-refractivity contribution in [3.63, 3.8) is 0 Å². The molecule has 5 nitrogen and oxygen atoms in total. The number of nitrogens with one attached hydrogen (secondary N) is 1. The second-order valence-corrected chi connectivity index (χ2v) is 5.58. The van der Waals surface area contributed by atoms with Gasteiger partial charge in [0.05, 0.1) is 11.9 Å². The number of aromatic nitrogens is 1. The first kappa shape index (κ1) is 14.4. The van der Waals surface area contributed by atoms with E-state index in [1.807, 2.05) is 4.72 Å². The van der Waals surface area contributed by atoms with E-state index in [9.17, 15) is 17.2 Å². The summed E-state index contributed by atoms with van der Waals surface area (Å²) in [6.45, 7) is 0.0619. The van der Waals surface area contributed by atoms with E-state index in [0.717, 1.165) is 24.4 Å². The van der Waals surface area contributed by atoms with Crippen LogP contribution in [0.5, 0.6) is 0 Å². The van der Waals surface area contributed by atoms with Crippen molar-refractivity contribution in [1.29, 1.82) is 0 Å². The Balaban J connectivity index is 2.43. The van der Waals surface area contributed by atoms with Crippen LogP contribution in [0.1, 0.15) is 5.56 Å². The second kappa shape index (κ2) is 5.51. The summed E-state index contributed by atoms with van der Waals surface area (Å²) in [6, 6.07) is 4.62. The third kappa shape index (κ3) is 2.91. The zero-order valence-corrected chi connectivity index (χ0v) is 11.0. The van der Waals surface area contributed by atoms with Crippen molar-refractivity contribution in [3.05, 3.63) is 53.9 Å². The molecule has 0 aliphatic heterocycles. The highest BCUT2D eigenvalue weighted by molar-refractivity contribution is 7.92. The number of anilines is 1. The maximum atomic E-state index is 13.6. The van der Waals surface area contributed by atoms with Crippen LogP contribution in [-0.4, -0.2) is 13.4 Å². The van der Waals surface area contributed by atoms with Crippen molar-refractivity contribution in [2.45, 2.75) is 11.4 Å². The maximum absolute atomic E-state index is 13.6. The summed E-state index contributed by atoms with van der Waals surface area (Å²) >= 11 is 0. The first-order valence-electron chi connectivity index (χ1n) is 5.55. The van der Waals surface area contributed by atoms with E-state index in [2.05, 4.69) is 4.98 Å². The maximum Gasteiger partial charge on any atom is 0.264 e. The van der Waals surface area contributed by atoms with Crippen molar-refractivity contribution in [2.75, 3.05) is 4.72 Å². The highest BCUT2D eigenvalue weighted by Gasteiger charge is 2.21. The van der Waals surface area contributed by atoms with Crippen LogP contribution in [0.4, 0.5) is 14.5 Å². The van der Waals surface area contributed by atoms with Crippen molar-refractivity contribution in [1.82, 2.24) is 4.98 Å². The van der Waals surface area contributed by atoms with Gasteiger partial charge in [-0.05, 0) is 23.8 Å². The Kier molecular flexibility index (Phi) is 3.96. The van der Waals surface area contributed by atoms with E-state index in [1.54, 1.807) is 0 Å². The minimum atomic E-state index is -4.25. The van der Waals surface area contributed by atoms with Gasteiger partial charge in [0.2, 0.25) is 0 Å². The molecular weight excluding hydrogens is 288 g/mol. The first-order chi connectivity index (χ1) is 9.44. The van der Waals surface area contributed by atoms with Gasteiger partial charge in [-0.2, -0.15) is 0 Å². The molecule has 0 atom stereocenters. The third-order valence-electron chi connectivity index (χ3n) is 2.54. The van der Waals surface area contributed by atoms with Crippen LogP contribution in [0.25, 0.3) is 0 Å². The van der Waals surface area contributed by atoms with Crippen LogP contribution in [0, 0.1) is 11.6 Å². The Morgan fingerprint density at radius 1 is 1.20 bits per heavy atom. The largest absolute Gasteiger partial charge is 0.326 e. The summed E-state index contributed by atoms with van der Waals surface area (Å²) < 4.78 is 53.1. The molecule has 2 rings (SSSR count). The fraction of sp³-hybridized carbons (Fsp3) is 0.0833. The third-order valence-corrected chi connectivity index (χ3v) is 3.92. The number of halogens is 2. The first-order valence-corrected chi connectivity index (χ1v) is 7.03. The highest BCUT2D eigenvalue weighted by Crippen LogP contribution is 2.21. The molecule has 0 saturated heterocycles. The summed E-state index contributed by atoms with van der Waals surface area (Å²) in [5, 5.41) is 0. The summed E-state index contributed by atoms with van der Waals surface area (Å²) in [5.74, 6) is -1.80. The standard InChI is InChI=1S/C12H11F2N3O2S/c13-9-2-1-8(6-15)5-12(9)20(18,19)17-11-3-4-16-7-10(11)14/h1-5,7H,6,15H2,(H,16,17). The molecule has 20 heavy (non-hydrogen) atoms. The molecule has 1 aromatic carbocycles. The lowest BCUT2D eigenvalue weighted by Gasteiger charge is -2.10. The minimum absolute atomic E-state index is 0.0619. The fourth-order valence-electron chi connectivity index (χ4n) is 1.54. The summed E-state index contributed by atoms with van der Waals surface area (Å²) in [7, 11) is -4.25. The number of nitrogens with two attached hydrogens (primary N) is 1. The van der Waals surface area contributed by atoms with Gasteiger partial charge in [-0.1, -0.05) is 6.07 Å². The van der Waals surface area contributed by atoms with Gasteiger partial charge in [0.1, 0.15) is 10.7 Å². The minimum Gasteiger partial charge on any atom is -0.326 e. The van der Waals surface area contributed by atoms with E-state index in [4.69, 9.17) is 5.73 Å². The zero-order valence-electron chi connectivity index (χ0n) is 10.2. The van der Waals surface area contributed by atoms with Gasteiger partial charge in [0.15, 0.2) is 5.82 Å². The van der Waals surface area contributed by atoms with Gasteiger partial charge in [0.25, 0.3) is 10.0 Å². The molecule has 106 valence electrons. The molecule has 2 aromatic rings. The molecule has 0 spiro atoms. The van der Waals surface area contributed by atoms with Crippen LogP contribution in [0.3, 0.4) is 0 Å². The van der Waals surface area contributed by atoms with Crippen molar-refractivity contribution in [3.8, 4) is 0 Å². The van der Waals surface area contributed by atoms with Crippen LogP contribution < -0.4 is 10.5 Å². The van der Waals surface area contributed by atoms with Crippen LogP contribution in [0.2, 0.25) is 0 Å². The number of hydrogen-bond donors (Lipinski definition) is 2. The van der Waals surface area contributed by atoms with Gasteiger partial charge in [0, 0.05) is 12.7 Å². The van der Waals surface area contributed by atoms with Gasteiger partial charge in [-0.25, -0.2) is 17.2 Å². The van der Waals surface area contributed by atoms with E-state index in [1.165, 1.54) is 12.3 Å². The lowest BCUT2D eigenvalue weighted by atomic mass is 10.2. The normalized spacial score (nSPS) is 11.3. The number of rotatable bonds is 4. The van der Waals surface area contributed by atoms with E-state index in [0.29, 0.717) is 5.56 Å². The average Bonchev–Trinajstić information content (AvgIpc) is 2.41. The summed E-state index contributed by atoms with van der Waals surface area (Å²) in [6.07, 6.45) is 2.07. The van der Waals surface area contributed by atoms with Crippen LogP contribution >= 0.6 is 0 Å². The number of hydrogen-bond acceptors (Lipinski definition) is 4. The SMILES string of the molecule is NCc1ccc(F)c(S(=O)(=O)Nc2ccncc2F)c1. The number of sulfonamides is 1. The Labute approximate surface area is 114 Å². The molecule has 0 bridgehead atoms. The molecule has 0 radical (unpaired) electrons. The van der Waals surface area contributed by atoms with Crippen molar-refractivity contribution in [2.24, 2.45) is 5.73 Å². The number of pyridine rings is 1. The Bertz CT molecular complexity index is 735. The molecule has 0 aliphatic rings. The molecule has 8 heteroatoms. The summed E-state index contributed by atoms with van der Waals surface area (Å²) in [4.78, 5) is 2.91. The molecule has 1 heterocycles.